The molecule has 0 saturated heterocycles. The van der Waals surface area contributed by atoms with E-state index in [0.29, 0.717) is 16.9 Å². The number of carbonyl (C=O) groups is 2. The summed E-state index contributed by atoms with van der Waals surface area (Å²) in [5, 5.41) is 10.6. The van der Waals surface area contributed by atoms with Crippen molar-refractivity contribution < 1.29 is 14.5 Å². The van der Waals surface area contributed by atoms with Crippen molar-refractivity contribution >= 4 is 28.2 Å². The van der Waals surface area contributed by atoms with E-state index in [0.717, 1.165) is 11.8 Å². The smallest absolute Gasteiger partial charge is 0.343 e. The molecule has 1 aromatic carbocycles. The fourth-order valence-electron chi connectivity index (χ4n) is 1.78. The highest BCUT2D eigenvalue weighted by molar-refractivity contribution is 7.12. The van der Waals surface area contributed by atoms with Gasteiger partial charge >= 0.3 is 5.00 Å². The minimum Gasteiger partial charge on any atom is -0.368 e. The van der Waals surface area contributed by atoms with E-state index >= 15 is 0 Å². The number of aryl methyl sites for hydroxylation is 1. The average Bonchev–Trinajstić information content (AvgIpc) is 2.81. The van der Waals surface area contributed by atoms with E-state index in [1.54, 1.807) is 31.2 Å². The van der Waals surface area contributed by atoms with Crippen molar-refractivity contribution in [3.05, 3.63) is 56.5 Å². The van der Waals surface area contributed by atoms with Crippen molar-refractivity contribution in [2.45, 2.75) is 13.5 Å². The Kier molecular flexibility index (Phi) is 4.47. The molecule has 0 aliphatic heterocycles. The molecule has 0 bridgehead atoms. The van der Waals surface area contributed by atoms with Crippen LogP contribution in [0.25, 0.3) is 0 Å². The zero-order chi connectivity index (χ0) is 16.3. The van der Waals surface area contributed by atoms with Crippen molar-refractivity contribution in [3.63, 3.8) is 0 Å². The van der Waals surface area contributed by atoms with Gasteiger partial charge in [-0.05, 0) is 29.9 Å². The van der Waals surface area contributed by atoms with Crippen molar-refractivity contribution in [1.82, 2.24) is 4.57 Å². The van der Waals surface area contributed by atoms with Crippen LogP contribution in [0.1, 0.15) is 15.9 Å². The summed E-state index contributed by atoms with van der Waals surface area (Å²) < 4.78 is 1.20. The molecule has 8 nitrogen and oxygen atoms in total. The molecule has 0 aliphatic rings. The van der Waals surface area contributed by atoms with Crippen LogP contribution in [0.4, 0.5) is 5.00 Å². The molecular formula is C13H12N4O4S. The predicted octanol–water partition coefficient (Wildman–Crippen LogP) is 0.993. The molecule has 0 fully saturated rings. The molecule has 0 atom stereocenters. The minimum atomic E-state index is -0.683. The second-order valence-electron chi connectivity index (χ2n) is 4.44. The Morgan fingerprint density at radius 2 is 2.09 bits per heavy atom. The van der Waals surface area contributed by atoms with Gasteiger partial charge in [-0.25, -0.2) is 0 Å². The topological polar surface area (TPSA) is 121 Å². The molecule has 9 heteroatoms. The monoisotopic (exact) mass is 320 g/mol. The zero-order valence-corrected chi connectivity index (χ0v) is 12.4. The summed E-state index contributed by atoms with van der Waals surface area (Å²) >= 11 is 0.707. The van der Waals surface area contributed by atoms with Crippen LogP contribution in [0.3, 0.4) is 0 Å². The minimum absolute atomic E-state index is 0.0544. The average molecular weight is 320 g/mol. The van der Waals surface area contributed by atoms with Gasteiger partial charge in [0.2, 0.25) is 5.91 Å². The van der Waals surface area contributed by atoms with E-state index in [2.05, 4.69) is 4.99 Å². The summed E-state index contributed by atoms with van der Waals surface area (Å²) in [5.41, 5.74) is 6.23. The van der Waals surface area contributed by atoms with Crippen LogP contribution < -0.4 is 10.5 Å². The van der Waals surface area contributed by atoms with Crippen LogP contribution in [0.15, 0.2) is 35.5 Å². The van der Waals surface area contributed by atoms with Crippen LogP contribution in [0.2, 0.25) is 0 Å². The number of amides is 2. The molecule has 1 heterocycles. The Balaban J connectivity index is 2.50. The Morgan fingerprint density at radius 3 is 2.68 bits per heavy atom. The highest BCUT2D eigenvalue weighted by atomic mass is 32.1. The molecular weight excluding hydrogens is 308 g/mol. The fraction of sp³-hybridized carbons (Fsp3) is 0.154. The Bertz CT molecular complexity index is 821. The third-order valence-electron chi connectivity index (χ3n) is 2.79. The van der Waals surface area contributed by atoms with Gasteiger partial charge in [-0.15, -0.1) is 0 Å². The standard InChI is InChI=1S/C13H12N4O4S/c1-8-4-2-3-5-9(8)12(19)15-13-16(6-10(14)18)7-11(22-13)17(20)21/h2-5,7H,6H2,1H3,(H2,14,18)/b15-13-. The fourth-order valence-corrected chi connectivity index (χ4v) is 2.58. The third-order valence-corrected chi connectivity index (χ3v) is 3.76. The number of primary amides is 1. The molecule has 114 valence electrons. The van der Waals surface area contributed by atoms with Gasteiger partial charge in [-0.3, -0.25) is 19.7 Å². The molecule has 0 saturated carbocycles. The molecule has 0 spiro atoms. The van der Waals surface area contributed by atoms with Gasteiger partial charge in [0.25, 0.3) is 5.91 Å². The number of nitro groups is 1. The highest BCUT2D eigenvalue weighted by Crippen LogP contribution is 2.14. The molecule has 0 radical (unpaired) electrons. The van der Waals surface area contributed by atoms with Gasteiger partial charge in [0.05, 0.1) is 11.1 Å². The van der Waals surface area contributed by atoms with Crippen molar-refractivity contribution in [3.8, 4) is 0 Å². The van der Waals surface area contributed by atoms with E-state index in [4.69, 9.17) is 5.73 Å². The first kappa shape index (κ1) is 15.6. The summed E-state index contributed by atoms with van der Waals surface area (Å²) in [6, 6.07) is 6.86. The lowest BCUT2D eigenvalue weighted by Gasteiger charge is -2.00. The molecule has 0 unspecified atom stereocenters. The van der Waals surface area contributed by atoms with Crippen molar-refractivity contribution in [2.24, 2.45) is 10.7 Å². The first-order valence-electron chi connectivity index (χ1n) is 6.16. The number of benzene rings is 1. The Hall–Kier alpha value is -2.81. The number of aromatic nitrogens is 1. The molecule has 22 heavy (non-hydrogen) atoms. The number of carbonyl (C=O) groups excluding carboxylic acids is 2. The second kappa shape index (κ2) is 6.31. The van der Waals surface area contributed by atoms with E-state index < -0.39 is 16.7 Å². The van der Waals surface area contributed by atoms with E-state index in [9.17, 15) is 19.7 Å². The van der Waals surface area contributed by atoms with Gasteiger partial charge in [0, 0.05) is 5.56 Å². The number of nitrogens with zero attached hydrogens (tertiary/aromatic N) is 3. The van der Waals surface area contributed by atoms with Crippen molar-refractivity contribution in [1.29, 1.82) is 0 Å². The van der Waals surface area contributed by atoms with Gasteiger partial charge in [0.1, 0.15) is 6.54 Å². The van der Waals surface area contributed by atoms with Crippen LogP contribution >= 0.6 is 11.3 Å². The van der Waals surface area contributed by atoms with E-state index in [1.807, 2.05) is 0 Å². The van der Waals surface area contributed by atoms with E-state index in [-0.39, 0.29) is 16.3 Å². The first-order valence-corrected chi connectivity index (χ1v) is 6.98. The maximum absolute atomic E-state index is 12.2. The molecule has 1 aromatic heterocycles. The molecule has 2 N–H and O–H groups in total. The van der Waals surface area contributed by atoms with Gasteiger partial charge in [-0.1, -0.05) is 18.2 Å². The summed E-state index contributed by atoms with van der Waals surface area (Å²) in [7, 11) is 0. The highest BCUT2D eigenvalue weighted by Gasteiger charge is 2.15. The van der Waals surface area contributed by atoms with Crippen LogP contribution in [-0.4, -0.2) is 21.3 Å². The first-order chi connectivity index (χ1) is 10.4. The van der Waals surface area contributed by atoms with Gasteiger partial charge in [-0.2, -0.15) is 4.99 Å². The molecule has 0 aliphatic carbocycles. The maximum Gasteiger partial charge on any atom is 0.343 e. The molecule has 2 rings (SSSR count). The number of nitrogens with two attached hydrogens (primary N) is 1. The maximum atomic E-state index is 12.2. The second-order valence-corrected chi connectivity index (χ2v) is 5.42. The van der Waals surface area contributed by atoms with Crippen molar-refractivity contribution in [2.75, 3.05) is 0 Å². The lowest BCUT2D eigenvalue weighted by atomic mass is 10.1. The Labute approximate surface area is 128 Å². The normalized spacial score (nSPS) is 11.4. The lowest BCUT2D eigenvalue weighted by Crippen LogP contribution is -2.25. The number of hydrogen-bond acceptors (Lipinski definition) is 5. The van der Waals surface area contributed by atoms with E-state index in [1.165, 1.54) is 4.57 Å². The largest absolute Gasteiger partial charge is 0.368 e. The number of thiazole rings is 1. The van der Waals surface area contributed by atoms with Gasteiger partial charge < -0.3 is 10.3 Å². The van der Waals surface area contributed by atoms with Crippen LogP contribution in [0.5, 0.6) is 0 Å². The predicted molar refractivity (Wildman–Crippen MR) is 79.2 cm³/mol. The van der Waals surface area contributed by atoms with Crippen LogP contribution in [-0.2, 0) is 11.3 Å². The quantitative estimate of drug-likeness (QED) is 0.667. The van der Waals surface area contributed by atoms with Gasteiger partial charge in [0.15, 0.2) is 4.80 Å². The molecule has 2 aromatic rings. The summed E-state index contributed by atoms with van der Waals surface area (Å²) in [6.45, 7) is 1.47. The Morgan fingerprint density at radius 1 is 1.41 bits per heavy atom. The zero-order valence-electron chi connectivity index (χ0n) is 11.6. The number of hydrogen-bond donors (Lipinski definition) is 1. The third kappa shape index (κ3) is 3.44. The molecule has 2 amide bonds. The summed E-state index contributed by atoms with van der Waals surface area (Å²) in [6.07, 6.45) is 1.14. The summed E-state index contributed by atoms with van der Waals surface area (Å²) in [4.78, 5) is 37.4. The SMILES string of the molecule is Cc1ccccc1C(=O)/N=c1\sc([N+](=O)[O-])cn1CC(N)=O. The summed E-state index contributed by atoms with van der Waals surface area (Å²) in [5.74, 6) is -1.22. The van der Waals surface area contributed by atoms with Crippen LogP contribution in [0, 0.1) is 17.0 Å². The lowest BCUT2D eigenvalue weighted by molar-refractivity contribution is -0.380. The number of rotatable bonds is 4.